The Balaban J connectivity index is 2.19. The van der Waals surface area contributed by atoms with Crippen molar-refractivity contribution < 1.29 is 17.4 Å². The molecule has 0 radical (unpaired) electrons. The third-order valence-electron chi connectivity index (χ3n) is 3.85. The summed E-state index contributed by atoms with van der Waals surface area (Å²) in [7, 11) is -3.56. The summed E-state index contributed by atoms with van der Waals surface area (Å²) in [5.41, 5.74) is 1.34. The van der Waals surface area contributed by atoms with Crippen molar-refractivity contribution in [1.82, 2.24) is 4.90 Å². The maximum absolute atomic E-state index is 12.9. The molecule has 0 saturated carbocycles. The lowest BCUT2D eigenvalue weighted by Gasteiger charge is -2.25. The molecule has 146 valence electrons. The Bertz CT molecular complexity index is 879. The largest absolute Gasteiger partial charge is 0.382 e. The van der Waals surface area contributed by atoms with E-state index in [4.69, 9.17) is 15.8 Å². The summed E-state index contributed by atoms with van der Waals surface area (Å²) in [5, 5.41) is 0.421. The van der Waals surface area contributed by atoms with Crippen molar-refractivity contribution >= 4 is 27.6 Å². The van der Waals surface area contributed by atoms with Gasteiger partial charge < -0.3 is 9.08 Å². The second kappa shape index (κ2) is 9.24. The lowest BCUT2D eigenvalue weighted by Crippen LogP contribution is -2.33. The summed E-state index contributed by atoms with van der Waals surface area (Å²) in [4.78, 5) is 14.7. The third-order valence-corrected chi connectivity index (χ3v) is 5.33. The van der Waals surface area contributed by atoms with Crippen molar-refractivity contribution in [2.45, 2.75) is 27.3 Å². The predicted molar refractivity (Wildman–Crippen MR) is 108 cm³/mol. The minimum Gasteiger partial charge on any atom is -0.382 e. The smallest absolute Gasteiger partial charge is 0.308 e. The van der Waals surface area contributed by atoms with E-state index in [2.05, 4.69) is 0 Å². The molecule has 0 aliphatic rings. The average molecular weight is 410 g/mol. The molecule has 0 spiro atoms. The van der Waals surface area contributed by atoms with Gasteiger partial charge in [0, 0.05) is 13.1 Å². The van der Waals surface area contributed by atoms with Crippen LogP contribution >= 0.6 is 11.6 Å². The second-order valence-electron chi connectivity index (χ2n) is 6.63. The van der Waals surface area contributed by atoms with Gasteiger partial charge in [0.25, 0.3) is 5.91 Å². The molecule has 0 aliphatic heterocycles. The molecule has 1 amide bonds. The van der Waals surface area contributed by atoms with E-state index < -0.39 is 10.1 Å². The van der Waals surface area contributed by atoms with Crippen LogP contribution in [0.5, 0.6) is 5.75 Å². The van der Waals surface area contributed by atoms with E-state index in [0.717, 1.165) is 5.56 Å². The molecule has 0 N–H and O–H groups in total. The van der Waals surface area contributed by atoms with Crippen LogP contribution < -0.4 is 4.18 Å². The highest BCUT2D eigenvalue weighted by Gasteiger charge is 2.19. The van der Waals surface area contributed by atoms with Gasteiger partial charge in [0.2, 0.25) is 0 Å². The van der Waals surface area contributed by atoms with Gasteiger partial charge in [-0.3, -0.25) is 4.79 Å². The number of benzene rings is 2. The summed E-state index contributed by atoms with van der Waals surface area (Å²) >= 11 is 6.18. The van der Waals surface area contributed by atoms with E-state index in [1.165, 1.54) is 6.92 Å². The Morgan fingerprint density at radius 2 is 1.74 bits per heavy atom. The van der Waals surface area contributed by atoms with Crippen LogP contribution in [-0.2, 0) is 16.7 Å². The van der Waals surface area contributed by atoms with Crippen molar-refractivity contribution in [2.24, 2.45) is 5.92 Å². The van der Waals surface area contributed by atoms with Crippen LogP contribution in [0.1, 0.15) is 36.7 Å². The van der Waals surface area contributed by atoms with E-state index in [-0.39, 0.29) is 23.3 Å². The van der Waals surface area contributed by atoms with E-state index in [1.54, 1.807) is 53.4 Å². The lowest BCUT2D eigenvalue weighted by atomic mass is 10.1. The van der Waals surface area contributed by atoms with Gasteiger partial charge in [-0.1, -0.05) is 49.7 Å². The number of nitrogens with zero attached hydrogens (tertiary/aromatic N) is 1. The molecule has 0 aliphatic carbocycles. The molecule has 27 heavy (non-hydrogen) atoms. The molecule has 2 aromatic carbocycles. The fourth-order valence-corrected chi connectivity index (χ4v) is 3.28. The summed E-state index contributed by atoms with van der Waals surface area (Å²) in [5.74, 6) is 0.314. The monoisotopic (exact) mass is 409 g/mol. The molecular weight excluding hydrogens is 386 g/mol. The van der Waals surface area contributed by atoms with Gasteiger partial charge in [0.1, 0.15) is 5.75 Å². The Morgan fingerprint density at radius 1 is 1.11 bits per heavy atom. The number of rotatable bonds is 8. The van der Waals surface area contributed by atoms with Crippen LogP contribution in [0.25, 0.3) is 0 Å². The second-order valence-corrected chi connectivity index (χ2v) is 8.90. The molecular formula is C20H24ClNO4S. The van der Waals surface area contributed by atoms with Crippen LogP contribution in [0.15, 0.2) is 48.5 Å². The first-order chi connectivity index (χ1) is 12.7. The molecule has 5 nitrogen and oxygen atoms in total. The number of hydrogen-bond acceptors (Lipinski definition) is 4. The van der Waals surface area contributed by atoms with Crippen molar-refractivity contribution in [2.75, 3.05) is 12.3 Å². The standard InChI is InChI=1S/C20H24ClNO4S/c1-4-27(24,25)26-17-11-9-16(10-12-17)14-22(13-15(2)3)20(23)18-7-5-6-8-19(18)21/h5-12,15H,4,13-14H2,1-3H3. The number of halogens is 1. The zero-order valence-electron chi connectivity index (χ0n) is 15.7. The molecule has 0 heterocycles. The fraction of sp³-hybridized carbons (Fsp3) is 0.350. The SMILES string of the molecule is CCS(=O)(=O)Oc1ccc(CN(CC(C)C)C(=O)c2ccccc2Cl)cc1. The highest BCUT2D eigenvalue weighted by molar-refractivity contribution is 7.87. The zero-order valence-corrected chi connectivity index (χ0v) is 17.3. The molecule has 0 atom stereocenters. The van der Waals surface area contributed by atoms with Gasteiger partial charge in [0.05, 0.1) is 16.3 Å². The topological polar surface area (TPSA) is 63.7 Å². The third kappa shape index (κ3) is 6.26. The minimum absolute atomic E-state index is 0.0940. The molecule has 2 rings (SSSR count). The van der Waals surface area contributed by atoms with Gasteiger partial charge in [-0.2, -0.15) is 8.42 Å². The predicted octanol–water partition coefficient (Wildman–Crippen LogP) is 4.37. The molecule has 0 fully saturated rings. The van der Waals surface area contributed by atoms with Crippen LogP contribution in [0.4, 0.5) is 0 Å². The molecule has 0 saturated heterocycles. The Hall–Kier alpha value is -2.05. The lowest BCUT2D eigenvalue weighted by molar-refractivity contribution is 0.0723. The Labute approximate surface area is 166 Å². The van der Waals surface area contributed by atoms with E-state index in [1.807, 2.05) is 13.8 Å². The van der Waals surface area contributed by atoms with Gasteiger partial charge in [0.15, 0.2) is 0 Å². The summed E-state index contributed by atoms with van der Waals surface area (Å²) in [6, 6.07) is 13.7. The summed E-state index contributed by atoms with van der Waals surface area (Å²) in [6.45, 7) is 6.57. The van der Waals surface area contributed by atoms with Crippen LogP contribution in [0.3, 0.4) is 0 Å². The van der Waals surface area contributed by atoms with Crippen LogP contribution in [0.2, 0.25) is 5.02 Å². The van der Waals surface area contributed by atoms with Crippen LogP contribution in [-0.4, -0.2) is 31.5 Å². The molecule has 2 aromatic rings. The quantitative estimate of drug-likeness (QED) is 0.607. The highest BCUT2D eigenvalue weighted by atomic mass is 35.5. The number of amides is 1. The highest BCUT2D eigenvalue weighted by Crippen LogP contribution is 2.21. The molecule has 0 bridgehead atoms. The summed E-state index contributed by atoms with van der Waals surface area (Å²) < 4.78 is 28.1. The van der Waals surface area contributed by atoms with Crippen LogP contribution in [0, 0.1) is 5.92 Å². The molecule has 0 aromatic heterocycles. The first kappa shape index (κ1) is 21.3. The van der Waals surface area contributed by atoms with Crippen molar-refractivity contribution in [3.05, 3.63) is 64.7 Å². The minimum atomic E-state index is -3.56. The zero-order chi connectivity index (χ0) is 20.0. The number of carbonyl (C=O) groups excluding carboxylic acids is 1. The van der Waals surface area contributed by atoms with Gasteiger partial charge in [-0.05, 0) is 42.7 Å². The Kier molecular flexibility index (Phi) is 7.27. The normalized spacial score (nSPS) is 11.4. The molecule has 7 heteroatoms. The first-order valence-electron chi connectivity index (χ1n) is 8.76. The summed E-state index contributed by atoms with van der Waals surface area (Å²) in [6.07, 6.45) is 0. The fourth-order valence-electron chi connectivity index (χ4n) is 2.54. The first-order valence-corrected chi connectivity index (χ1v) is 10.7. The Morgan fingerprint density at radius 3 is 2.30 bits per heavy atom. The average Bonchev–Trinajstić information content (AvgIpc) is 2.62. The van der Waals surface area contributed by atoms with Crippen molar-refractivity contribution in [3.63, 3.8) is 0 Å². The van der Waals surface area contributed by atoms with Gasteiger partial charge >= 0.3 is 10.1 Å². The maximum Gasteiger partial charge on any atom is 0.308 e. The van der Waals surface area contributed by atoms with E-state index in [9.17, 15) is 13.2 Å². The van der Waals surface area contributed by atoms with Gasteiger partial charge in [-0.25, -0.2) is 0 Å². The maximum atomic E-state index is 12.9. The van der Waals surface area contributed by atoms with E-state index in [0.29, 0.717) is 23.7 Å². The van der Waals surface area contributed by atoms with E-state index >= 15 is 0 Å². The van der Waals surface area contributed by atoms with Crippen molar-refractivity contribution in [1.29, 1.82) is 0 Å². The number of carbonyl (C=O) groups is 1. The van der Waals surface area contributed by atoms with Gasteiger partial charge in [-0.15, -0.1) is 0 Å². The number of hydrogen-bond donors (Lipinski definition) is 0. The molecule has 0 unspecified atom stereocenters. The van der Waals surface area contributed by atoms with Crippen molar-refractivity contribution in [3.8, 4) is 5.75 Å².